The lowest BCUT2D eigenvalue weighted by atomic mass is 10.1. The van der Waals surface area contributed by atoms with Crippen molar-refractivity contribution in [2.45, 2.75) is 37.9 Å². The number of carbonyl (C=O) groups is 1. The molecule has 1 amide bonds. The van der Waals surface area contributed by atoms with E-state index in [-0.39, 0.29) is 23.9 Å². The number of fused-ring (bicyclic) bond motifs is 5. The van der Waals surface area contributed by atoms with E-state index in [1.54, 1.807) is 24.1 Å². The van der Waals surface area contributed by atoms with Crippen LogP contribution in [0, 0.1) is 0 Å². The van der Waals surface area contributed by atoms with Crippen LogP contribution < -0.4 is 10.2 Å². The molecule has 0 saturated heterocycles. The number of hydrogen-bond donors (Lipinski definition) is 2. The molecular formula is C29H27N7O2. The molecule has 2 aromatic heterocycles. The van der Waals surface area contributed by atoms with Crippen molar-refractivity contribution in [1.29, 1.82) is 0 Å². The van der Waals surface area contributed by atoms with E-state index in [2.05, 4.69) is 15.2 Å². The SMILES string of the molecule is CN1C(=O)c2c(nn(Cc3ccc(-c4cccc(O)n4)cc3)c2Nc2ccccc2)N2C1=NC1CCCC12. The Morgan fingerprint density at radius 2 is 1.82 bits per heavy atom. The van der Waals surface area contributed by atoms with Crippen LogP contribution in [0.4, 0.5) is 17.3 Å². The summed E-state index contributed by atoms with van der Waals surface area (Å²) in [7, 11) is 1.80. The highest BCUT2D eigenvalue weighted by Crippen LogP contribution is 2.43. The fraction of sp³-hybridized carbons (Fsp3) is 0.241. The van der Waals surface area contributed by atoms with Gasteiger partial charge < -0.3 is 10.4 Å². The van der Waals surface area contributed by atoms with Gasteiger partial charge in [0.15, 0.2) is 5.82 Å². The monoisotopic (exact) mass is 505 g/mol. The predicted octanol–water partition coefficient (Wildman–Crippen LogP) is 4.63. The van der Waals surface area contributed by atoms with Crippen LogP contribution in [0.3, 0.4) is 0 Å². The van der Waals surface area contributed by atoms with Crippen LogP contribution in [-0.2, 0) is 6.54 Å². The minimum Gasteiger partial charge on any atom is -0.493 e. The highest BCUT2D eigenvalue weighted by atomic mass is 16.3. The molecule has 1 aliphatic carbocycles. The molecule has 2 N–H and O–H groups in total. The molecule has 0 spiro atoms. The maximum Gasteiger partial charge on any atom is 0.267 e. The Labute approximate surface area is 220 Å². The predicted molar refractivity (Wildman–Crippen MR) is 146 cm³/mol. The van der Waals surface area contributed by atoms with Crippen molar-refractivity contribution < 1.29 is 9.90 Å². The maximum atomic E-state index is 13.7. The molecule has 0 bridgehead atoms. The van der Waals surface area contributed by atoms with Crippen LogP contribution >= 0.6 is 0 Å². The van der Waals surface area contributed by atoms with Crippen LogP contribution in [0.25, 0.3) is 11.3 Å². The van der Waals surface area contributed by atoms with Gasteiger partial charge in [-0.1, -0.05) is 48.5 Å². The second kappa shape index (κ2) is 8.72. The zero-order chi connectivity index (χ0) is 25.8. The number of pyridine rings is 1. The second-order valence-electron chi connectivity index (χ2n) is 10.0. The fourth-order valence-electron chi connectivity index (χ4n) is 5.74. The van der Waals surface area contributed by atoms with Gasteiger partial charge in [-0.2, -0.15) is 5.10 Å². The molecule has 4 heterocycles. The number of rotatable bonds is 5. The highest BCUT2D eigenvalue weighted by molar-refractivity contribution is 6.21. The molecule has 7 rings (SSSR count). The molecule has 2 aromatic carbocycles. The van der Waals surface area contributed by atoms with Gasteiger partial charge in [0.2, 0.25) is 11.8 Å². The first-order valence-corrected chi connectivity index (χ1v) is 12.9. The summed E-state index contributed by atoms with van der Waals surface area (Å²) in [6.07, 6.45) is 3.21. The Morgan fingerprint density at radius 3 is 2.61 bits per heavy atom. The molecule has 38 heavy (non-hydrogen) atoms. The molecular weight excluding hydrogens is 478 g/mol. The van der Waals surface area contributed by atoms with Gasteiger partial charge in [-0.15, -0.1) is 0 Å². The Kier molecular flexibility index (Phi) is 5.17. The molecule has 3 aliphatic rings. The first-order chi connectivity index (χ1) is 18.6. The number of aliphatic imine (C=N–C) groups is 1. The number of guanidine groups is 1. The third-order valence-corrected chi connectivity index (χ3v) is 7.61. The Balaban J connectivity index is 1.29. The average Bonchev–Trinajstić information content (AvgIpc) is 3.62. The lowest BCUT2D eigenvalue weighted by molar-refractivity contribution is 0.0866. The van der Waals surface area contributed by atoms with Crippen molar-refractivity contribution in [3.8, 4) is 17.1 Å². The molecule has 1 saturated carbocycles. The zero-order valence-corrected chi connectivity index (χ0v) is 21.0. The normalized spacial score (nSPS) is 19.7. The van der Waals surface area contributed by atoms with E-state index in [0.29, 0.717) is 35.4 Å². The van der Waals surface area contributed by atoms with Gasteiger partial charge in [0.05, 0.1) is 24.3 Å². The van der Waals surface area contributed by atoms with Crippen molar-refractivity contribution in [3.05, 3.63) is 83.9 Å². The number of nitrogens with one attached hydrogen (secondary N) is 1. The summed E-state index contributed by atoms with van der Waals surface area (Å²) < 4.78 is 1.89. The Morgan fingerprint density at radius 1 is 1.00 bits per heavy atom. The topological polar surface area (TPSA) is 98.9 Å². The van der Waals surface area contributed by atoms with Crippen molar-refractivity contribution in [2.24, 2.45) is 4.99 Å². The summed E-state index contributed by atoms with van der Waals surface area (Å²) >= 11 is 0. The van der Waals surface area contributed by atoms with E-state index in [9.17, 15) is 9.90 Å². The smallest absolute Gasteiger partial charge is 0.267 e. The number of aromatic hydroxyl groups is 1. The standard InChI is InChI=1S/C29H27N7O2/c1-34-28(38)25-26(30-20-7-3-2-4-8-20)35(33-27(25)36-23-11-5-10-22(23)32-29(34)36)17-18-13-15-19(16-14-18)21-9-6-12-24(37)31-21/h2-4,6-9,12-16,22-23,30H,5,10-11,17H2,1H3,(H,31,37). The first kappa shape index (κ1) is 22.5. The number of nitrogens with zero attached hydrogens (tertiary/aromatic N) is 6. The maximum absolute atomic E-state index is 13.7. The fourth-order valence-corrected chi connectivity index (χ4v) is 5.74. The van der Waals surface area contributed by atoms with E-state index in [0.717, 1.165) is 36.1 Å². The lowest BCUT2D eigenvalue weighted by Crippen LogP contribution is -2.51. The average molecular weight is 506 g/mol. The molecule has 190 valence electrons. The van der Waals surface area contributed by atoms with Crippen LogP contribution in [-0.4, -0.2) is 55.8 Å². The summed E-state index contributed by atoms with van der Waals surface area (Å²) in [5.41, 5.74) is 4.10. The first-order valence-electron chi connectivity index (χ1n) is 12.9. The van der Waals surface area contributed by atoms with Crippen LogP contribution in [0.15, 0.2) is 77.8 Å². The number of hydrogen-bond acceptors (Lipinski definition) is 7. The van der Waals surface area contributed by atoms with Crippen molar-refractivity contribution in [3.63, 3.8) is 0 Å². The molecule has 2 atom stereocenters. The molecule has 0 radical (unpaired) electrons. The second-order valence-corrected chi connectivity index (χ2v) is 10.0. The number of aromatic nitrogens is 3. The lowest BCUT2D eigenvalue weighted by Gasteiger charge is -2.34. The zero-order valence-electron chi connectivity index (χ0n) is 21.0. The molecule has 9 nitrogen and oxygen atoms in total. The van der Waals surface area contributed by atoms with E-state index < -0.39 is 0 Å². The molecule has 9 heteroatoms. The van der Waals surface area contributed by atoms with E-state index in [1.165, 1.54) is 0 Å². The van der Waals surface area contributed by atoms with E-state index >= 15 is 0 Å². The minimum atomic E-state index is -0.107. The van der Waals surface area contributed by atoms with Crippen molar-refractivity contribution in [1.82, 2.24) is 19.7 Å². The van der Waals surface area contributed by atoms with Crippen LogP contribution in [0.2, 0.25) is 0 Å². The molecule has 4 aromatic rings. The van der Waals surface area contributed by atoms with Crippen molar-refractivity contribution >= 4 is 29.2 Å². The van der Waals surface area contributed by atoms with Crippen molar-refractivity contribution in [2.75, 3.05) is 17.3 Å². The summed E-state index contributed by atoms with van der Waals surface area (Å²) in [5, 5.41) is 18.3. The number of anilines is 3. The summed E-state index contributed by atoms with van der Waals surface area (Å²) in [5.74, 6) is 1.94. The Bertz CT molecular complexity index is 1560. The van der Waals surface area contributed by atoms with Crippen LogP contribution in [0.1, 0.15) is 35.2 Å². The van der Waals surface area contributed by atoms with Gasteiger partial charge in [0.25, 0.3) is 5.91 Å². The Hall–Kier alpha value is -4.66. The summed E-state index contributed by atoms with van der Waals surface area (Å²) in [6, 6.07) is 23.5. The molecule has 2 aliphatic heterocycles. The van der Waals surface area contributed by atoms with E-state index in [1.807, 2.05) is 65.3 Å². The highest BCUT2D eigenvalue weighted by Gasteiger charge is 2.49. The van der Waals surface area contributed by atoms with E-state index in [4.69, 9.17) is 10.1 Å². The molecule has 1 fully saturated rings. The summed E-state index contributed by atoms with van der Waals surface area (Å²) in [6.45, 7) is 0.474. The third kappa shape index (κ3) is 3.61. The minimum absolute atomic E-state index is 0.00529. The van der Waals surface area contributed by atoms with Gasteiger partial charge in [0.1, 0.15) is 11.4 Å². The number of amides is 1. The summed E-state index contributed by atoms with van der Waals surface area (Å²) in [4.78, 5) is 26.6. The number of carbonyl (C=O) groups excluding carboxylic acids is 1. The third-order valence-electron chi connectivity index (χ3n) is 7.61. The van der Waals surface area contributed by atoms with Crippen LogP contribution in [0.5, 0.6) is 5.88 Å². The van der Waals surface area contributed by atoms with Gasteiger partial charge in [-0.25, -0.2) is 14.7 Å². The van der Waals surface area contributed by atoms with Gasteiger partial charge in [-0.05, 0) is 43.0 Å². The largest absolute Gasteiger partial charge is 0.493 e. The van der Waals surface area contributed by atoms with Gasteiger partial charge in [0, 0.05) is 24.4 Å². The quantitative estimate of drug-likeness (QED) is 0.411. The number of para-hydroxylation sites is 1. The van der Waals surface area contributed by atoms with Gasteiger partial charge >= 0.3 is 0 Å². The van der Waals surface area contributed by atoms with Gasteiger partial charge in [-0.3, -0.25) is 14.6 Å². The molecule has 2 unspecified atom stereocenters. The number of benzene rings is 2.